The third-order valence-corrected chi connectivity index (χ3v) is 2.12. The van der Waals surface area contributed by atoms with E-state index in [1.54, 1.807) is 0 Å². The molecule has 1 aromatic rings. The van der Waals surface area contributed by atoms with E-state index in [9.17, 15) is 13.6 Å². The van der Waals surface area contributed by atoms with Crippen LogP contribution in [0.15, 0.2) is 24.4 Å². The Balaban J connectivity index is 2.61. The predicted octanol–water partition coefficient (Wildman–Crippen LogP) is 1.06. The Hall–Kier alpha value is -1.56. The minimum absolute atomic E-state index is 0.00107. The SMILES string of the molecule is CC(O)CCNC(=O)C(F)(F)c1ccccn1. The van der Waals surface area contributed by atoms with Gasteiger partial charge in [-0.3, -0.25) is 9.78 Å². The average molecular weight is 244 g/mol. The van der Waals surface area contributed by atoms with Crippen molar-refractivity contribution in [2.75, 3.05) is 6.54 Å². The Kier molecular flexibility index (Phi) is 4.51. The number of nitrogens with zero attached hydrogens (tertiary/aromatic N) is 1. The Morgan fingerprint density at radius 1 is 1.59 bits per heavy atom. The van der Waals surface area contributed by atoms with Gasteiger partial charge in [0.05, 0.1) is 6.10 Å². The number of nitrogens with one attached hydrogen (secondary N) is 1. The molecule has 0 saturated heterocycles. The molecule has 0 bridgehead atoms. The molecule has 0 aliphatic carbocycles. The van der Waals surface area contributed by atoms with E-state index in [-0.39, 0.29) is 13.0 Å². The van der Waals surface area contributed by atoms with E-state index in [1.807, 2.05) is 0 Å². The number of rotatable bonds is 5. The summed E-state index contributed by atoms with van der Waals surface area (Å²) in [5.74, 6) is -5.06. The number of carbonyl (C=O) groups excluding carboxylic acids is 1. The van der Waals surface area contributed by atoms with Crippen LogP contribution < -0.4 is 5.32 Å². The zero-order valence-electron chi connectivity index (χ0n) is 9.36. The minimum Gasteiger partial charge on any atom is -0.393 e. The summed E-state index contributed by atoms with van der Waals surface area (Å²) in [6.07, 6.45) is 0.787. The van der Waals surface area contributed by atoms with Gasteiger partial charge in [-0.15, -0.1) is 0 Å². The molecule has 0 aliphatic heterocycles. The molecule has 1 rings (SSSR count). The highest BCUT2D eigenvalue weighted by Crippen LogP contribution is 2.25. The summed E-state index contributed by atoms with van der Waals surface area (Å²) in [4.78, 5) is 14.7. The molecule has 1 amide bonds. The van der Waals surface area contributed by atoms with Gasteiger partial charge in [-0.1, -0.05) is 6.07 Å². The van der Waals surface area contributed by atoms with Crippen LogP contribution in [0.5, 0.6) is 0 Å². The average Bonchev–Trinajstić information content (AvgIpc) is 2.29. The second kappa shape index (κ2) is 5.67. The van der Waals surface area contributed by atoms with Gasteiger partial charge in [0.25, 0.3) is 5.91 Å². The van der Waals surface area contributed by atoms with Gasteiger partial charge in [0, 0.05) is 12.7 Å². The van der Waals surface area contributed by atoms with Crippen LogP contribution in [0.2, 0.25) is 0 Å². The quantitative estimate of drug-likeness (QED) is 0.814. The number of amides is 1. The van der Waals surface area contributed by atoms with Gasteiger partial charge in [0.2, 0.25) is 0 Å². The van der Waals surface area contributed by atoms with Gasteiger partial charge >= 0.3 is 5.92 Å². The van der Waals surface area contributed by atoms with Crippen molar-refractivity contribution in [3.05, 3.63) is 30.1 Å². The van der Waals surface area contributed by atoms with Crippen molar-refractivity contribution >= 4 is 5.91 Å². The maximum atomic E-state index is 13.5. The Labute approximate surface area is 97.7 Å². The first kappa shape index (κ1) is 13.5. The number of hydrogen-bond donors (Lipinski definition) is 2. The fraction of sp³-hybridized carbons (Fsp3) is 0.455. The van der Waals surface area contributed by atoms with Crippen molar-refractivity contribution in [2.45, 2.75) is 25.4 Å². The van der Waals surface area contributed by atoms with Crippen molar-refractivity contribution in [2.24, 2.45) is 0 Å². The summed E-state index contributed by atoms with van der Waals surface area (Å²) in [5.41, 5.74) is -0.588. The lowest BCUT2D eigenvalue weighted by atomic mass is 10.2. The summed E-state index contributed by atoms with van der Waals surface area (Å²) in [5, 5.41) is 11.0. The molecule has 6 heteroatoms. The Morgan fingerprint density at radius 2 is 2.29 bits per heavy atom. The van der Waals surface area contributed by atoms with Gasteiger partial charge in [-0.25, -0.2) is 0 Å². The van der Waals surface area contributed by atoms with Gasteiger partial charge in [-0.2, -0.15) is 8.78 Å². The van der Waals surface area contributed by atoms with Gasteiger partial charge < -0.3 is 10.4 Å². The second-order valence-electron chi connectivity index (χ2n) is 3.68. The highest BCUT2D eigenvalue weighted by molar-refractivity contribution is 5.84. The fourth-order valence-electron chi connectivity index (χ4n) is 1.17. The van der Waals surface area contributed by atoms with Crippen LogP contribution in [0.25, 0.3) is 0 Å². The first-order chi connectivity index (χ1) is 7.94. The van der Waals surface area contributed by atoms with Crippen LogP contribution in [-0.2, 0) is 10.7 Å². The van der Waals surface area contributed by atoms with E-state index < -0.39 is 23.6 Å². The summed E-state index contributed by atoms with van der Waals surface area (Å²) in [6, 6.07) is 3.97. The van der Waals surface area contributed by atoms with E-state index >= 15 is 0 Å². The highest BCUT2D eigenvalue weighted by Gasteiger charge is 2.41. The first-order valence-electron chi connectivity index (χ1n) is 5.20. The number of hydrogen-bond acceptors (Lipinski definition) is 3. The molecule has 1 unspecified atom stereocenters. The number of aliphatic hydroxyl groups is 1. The van der Waals surface area contributed by atoms with Crippen LogP contribution in [-0.4, -0.2) is 28.6 Å². The number of carbonyl (C=O) groups is 1. The summed E-state index contributed by atoms with van der Waals surface area (Å²) >= 11 is 0. The summed E-state index contributed by atoms with van der Waals surface area (Å²) in [7, 11) is 0. The molecule has 2 N–H and O–H groups in total. The van der Waals surface area contributed by atoms with Crippen LogP contribution in [0, 0.1) is 0 Å². The molecule has 0 aliphatic rings. The third kappa shape index (κ3) is 3.74. The predicted molar refractivity (Wildman–Crippen MR) is 57.4 cm³/mol. The first-order valence-corrected chi connectivity index (χ1v) is 5.20. The molecule has 1 heterocycles. The molecule has 0 spiro atoms. The monoisotopic (exact) mass is 244 g/mol. The summed E-state index contributed by atoms with van der Waals surface area (Å²) in [6.45, 7) is 1.52. The molecular formula is C11H14F2N2O2. The number of pyridine rings is 1. The minimum atomic E-state index is -3.65. The lowest BCUT2D eigenvalue weighted by molar-refractivity contribution is -0.147. The Bertz CT molecular complexity index is 369. The smallest absolute Gasteiger partial charge is 0.366 e. The molecule has 94 valence electrons. The number of halogens is 2. The zero-order chi connectivity index (χ0) is 12.9. The highest BCUT2D eigenvalue weighted by atomic mass is 19.3. The lowest BCUT2D eigenvalue weighted by Gasteiger charge is -2.15. The normalized spacial score (nSPS) is 13.2. The van der Waals surface area contributed by atoms with Crippen molar-refractivity contribution in [1.29, 1.82) is 0 Å². The molecule has 4 nitrogen and oxygen atoms in total. The van der Waals surface area contributed by atoms with E-state index in [1.165, 1.54) is 25.3 Å². The van der Waals surface area contributed by atoms with Crippen LogP contribution in [0.3, 0.4) is 0 Å². The maximum absolute atomic E-state index is 13.5. The molecule has 0 radical (unpaired) electrons. The van der Waals surface area contributed by atoms with Crippen LogP contribution >= 0.6 is 0 Å². The van der Waals surface area contributed by atoms with Crippen molar-refractivity contribution in [3.63, 3.8) is 0 Å². The van der Waals surface area contributed by atoms with Gasteiger partial charge in [-0.05, 0) is 25.5 Å². The zero-order valence-corrected chi connectivity index (χ0v) is 9.36. The van der Waals surface area contributed by atoms with Gasteiger partial charge in [0.1, 0.15) is 5.69 Å². The molecule has 0 fully saturated rings. The van der Waals surface area contributed by atoms with E-state index in [0.717, 1.165) is 6.07 Å². The molecule has 1 aromatic heterocycles. The fourth-order valence-corrected chi connectivity index (χ4v) is 1.17. The molecule has 0 saturated carbocycles. The lowest BCUT2D eigenvalue weighted by Crippen LogP contribution is -2.39. The molecule has 17 heavy (non-hydrogen) atoms. The molecule has 0 aromatic carbocycles. The van der Waals surface area contributed by atoms with Crippen molar-refractivity contribution in [1.82, 2.24) is 10.3 Å². The van der Waals surface area contributed by atoms with Crippen LogP contribution in [0.4, 0.5) is 8.78 Å². The van der Waals surface area contributed by atoms with E-state index in [0.29, 0.717) is 0 Å². The van der Waals surface area contributed by atoms with E-state index in [2.05, 4.69) is 10.3 Å². The number of aromatic nitrogens is 1. The standard InChI is InChI=1S/C11H14F2N2O2/c1-8(16)5-7-15-10(17)11(12,13)9-4-2-3-6-14-9/h2-4,6,8,16H,5,7H2,1H3,(H,15,17). The largest absolute Gasteiger partial charge is 0.393 e. The van der Waals surface area contributed by atoms with E-state index in [4.69, 9.17) is 5.11 Å². The number of alkyl halides is 2. The third-order valence-electron chi connectivity index (χ3n) is 2.12. The topological polar surface area (TPSA) is 62.2 Å². The molecular weight excluding hydrogens is 230 g/mol. The maximum Gasteiger partial charge on any atom is 0.366 e. The number of aliphatic hydroxyl groups excluding tert-OH is 1. The van der Waals surface area contributed by atoms with Crippen LogP contribution in [0.1, 0.15) is 19.0 Å². The summed E-state index contributed by atoms with van der Waals surface area (Å²) < 4.78 is 27.1. The Morgan fingerprint density at radius 3 is 2.82 bits per heavy atom. The molecule has 1 atom stereocenters. The van der Waals surface area contributed by atoms with Crippen molar-refractivity contribution < 1.29 is 18.7 Å². The van der Waals surface area contributed by atoms with Gasteiger partial charge in [0.15, 0.2) is 0 Å². The van der Waals surface area contributed by atoms with Crippen molar-refractivity contribution in [3.8, 4) is 0 Å². The second-order valence-corrected chi connectivity index (χ2v) is 3.68.